The first-order chi connectivity index (χ1) is 13.2. The number of nitrogens with zero attached hydrogens (tertiary/aromatic N) is 5. The van der Waals surface area contributed by atoms with Crippen LogP contribution in [0.25, 0.3) is 22.6 Å². The molecule has 0 saturated heterocycles. The van der Waals surface area contributed by atoms with Crippen LogP contribution in [-0.4, -0.2) is 37.1 Å². The largest absolute Gasteiger partial charge is 0.497 e. The van der Waals surface area contributed by atoms with Crippen molar-refractivity contribution in [3.8, 4) is 28.4 Å². The molecule has 0 spiro atoms. The Balaban J connectivity index is 1.48. The van der Waals surface area contributed by atoms with Gasteiger partial charge in [-0.3, -0.25) is 4.98 Å². The molecule has 4 aromatic rings. The first kappa shape index (κ1) is 17.0. The summed E-state index contributed by atoms with van der Waals surface area (Å²) in [6.45, 7) is 2.77. The second-order valence-electron chi connectivity index (χ2n) is 6.28. The summed E-state index contributed by atoms with van der Waals surface area (Å²) in [4.78, 5) is 8.96. The smallest absolute Gasteiger partial charge is 0.118 e. The molecule has 4 rings (SSSR count). The van der Waals surface area contributed by atoms with E-state index in [1.807, 2.05) is 43.7 Å². The molecule has 3 aromatic heterocycles. The zero-order valence-electron chi connectivity index (χ0n) is 15.3. The molecule has 0 unspecified atom stereocenters. The molecular weight excluding hydrogens is 340 g/mol. The maximum atomic E-state index is 5.20. The minimum atomic E-state index is 0.818. The third kappa shape index (κ3) is 3.72. The molecule has 3 heterocycles. The van der Waals surface area contributed by atoms with Gasteiger partial charge in [0.1, 0.15) is 17.1 Å². The van der Waals surface area contributed by atoms with Gasteiger partial charge in [0.2, 0.25) is 0 Å². The highest BCUT2D eigenvalue weighted by molar-refractivity contribution is 5.67. The number of aryl methyl sites for hydroxylation is 3. The number of ether oxygens (including phenoxy) is 1. The SMILES string of the molecule is COc1ccc(CCn2cnc(-c3cc(-c4n[nH]nc4C)ccn3)c2)cc1. The van der Waals surface area contributed by atoms with E-state index in [1.54, 1.807) is 13.3 Å². The molecule has 7 heteroatoms. The first-order valence-electron chi connectivity index (χ1n) is 8.72. The Morgan fingerprint density at radius 2 is 1.89 bits per heavy atom. The van der Waals surface area contributed by atoms with Crippen molar-refractivity contribution in [1.29, 1.82) is 0 Å². The van der Waals surface area contributed by atoms with E-state index in [0.717, 1.165) is 47.1 Å². The van der Waals surface area contributed by atoms with Gasteiger partial charge < -0.3 is 9.30 Å². The molecule has 0 aliphatic rings. The van der Waals surface area contributed by atoms with E-state index in [9.17, 15) is 0 Å². The molecule has 0 amide bonds. The van der Waals surface area contributed by atoms with Crippen LogP contribution in [0.15, 0.2) is 55.1 Å². The van der Waals surface area contributed by atoms with E-state index in [2.05, 4.69) is 42.1 Å². The summed E-state index contributed by atoms with van der Waals surface area (Å²) in [7, 11) is 1.68. The number of hydrogen-bond acceptors (Lipinski definition) is 5. The van der Waals surface area contributed by atoms with Crippen molar-refractivity contribution in [2.24, 2.45) is 0 Å². The quantitative estimate of drug-likeness (QED) is 0.571. The van der Waals surface area contributed by atoms with Gasteiger partial charge in [-0.25, -0.2) is 4.98 Å². The molecule has 0 bridgehead atoms. The molecule has 1 aromatic carbocycles. The maximum absolute atomic E-state index is 5.20. The Morgan fingerprint density at radius 3 is 2.63 bits per heavy atom. The van der Waals surface area contributed by atoms with Gasteiger partial charge in [-0.05, 0) is 43.2 Å². The number of imidazole rings is 1. The first-order valence-corrected chi connectivity index (χ1v) is 8.72. The van der Waals surface area contributed by atoms with E-state index in [0.29, 0.717) is 0 Å². The molecular formula is C20H20N6O. The Labute approximate surface area is 157 Å². The summed E-state index contributed by atoms with van der Waals surface area (Å²) in [6.07, 6.45) is 6.56. The normalized spacial score (nSPS) is 10.9. The van der Waals surface area contributed by atoms with E-state index < -0.39 is 0 Å². The van der Waals surface area contributed by atoms with Crippen LogP contribution in [0.3, 0.4) is 0 Å². The molecule has 27 heavy (non-hydrogen) atoms. The number of hydrogen-bond donors (Lipinski definition) is 1. The fourth-order valence-electron chi connectivity index (χ4n) is 2.94. The van der Waals surface area contributed by atoms with Crippen molar-refractivity contribution >= 4 is 0 Å². The second-order valence-corrected chi connectivity index (χ2v) is 6.28. The molecule has 136 valence electrons. The number of benzene rings is 1. The van der Waals surface area contributed by atoms with Gasteiger partial charge in [0.05, 0.1) is 24.8 Å². The molecule has 0 aliphatic carbocycles. The van der Waals surface area contributed by atoms with E-state index >= 15 is 0 Å². The van der Waals surface area contributed by atoms with Crippen molar-refractivity contribution in [1.82, 2.24) is 29.9 Å². The number of H-pyrrole nitrogens is 1. The molecule has 1 N–H and O–H groups in total. The Bertz CT molecular complexity index is 1030. The minimum Gasteiger partial charge on any atom is -0.497 e. The van der Waals surface area contributed by atoms with Crippen molar-refractivity contribution in [2.75, 3.05) is 7.11 Å². The number of pyridine rings is 1. The van der Waals surface area contributed by atoms with Gasteiger partial charge in [0, 0.05) is 24.5 Å². The summed E-state index contributed by atoms with van der Waals surface area (Å²) in [5, 5.41) is 10.9. The van der Waals surface area contributed by atoms with Gasteiger partial charge in [-0.2, -0.15) is 15.4 Å². The summed E-state index contributed by atoms with van der Waals surface area (Å²) in [5.74, 6) is 0.872. The average Bonchev–Trinajstić information content (AvgIpc) is 3.36. The number of methoxy groups -OCH3 is 1. The van der Waals surface area contributed by atoms with Crippen molar-refractivity contribution in [3.63, 3.8) is 0 Å². The summed E-state index contributed by atoms with van der Waals surface area (Å²) in [5.41, 5.74) is 5.58. The van der Waals surface area contributed by atoms with Gasteiger partial charge in [0.25, 0.3) is 0 Å². The predicted octanol–water partition coefficient (Wildman–Crippen LogP) is 3.29. The molecule has 0 aliphatic heterocycles. The van der Waals surface area contributed by atoms with Crippen LogP contribution in [0, 0.1) is 6.92 Å². The van der Waals surface area contributed by atoms with E-state index in [1.165, 1.54) is 5.56 Å². The highest BCUT2D eigenvalue weighted by atomic mass is 16.5. The van der Waals surface area contributed by atoms with Crippen LogP contribution in [0.2, 0.25) is 0 Å². The molecule has 0 atom stereocenters. The lowest BCUT2D eigenvalue weighted by atomic mass is 10.1. The third-order valence-corrected chi connectivity index (χ3v) is 4.47. The number of aromatic amines is 1. The Morgan fingerprint density at radius 1 is 1.04 bits per heavy atom. The van der Waals surface area contributed by atoms with Gasteiger partial charge in [0.15, 0.2) is 0 Å². The van der Waals surface area contributed by atoms with Crippen LogP contribution < -0.4 is 4.74 Å². The molecule has 0 fully saturated rings. The van der Waals surface area contributed by atoms with Crippen LogP contribution in [0.5, 0.6) is 5.75 Å². The standard InChI is InChI=1S/C20H20N6O/c1-14-20(24-25-23-14)16-7-9-21-18(11-16)19-12-26(13-22-19)10-8-15-3-5-17(27-2)6-4-15/h3-7,9,11-13H,8,10H2,1-2H3,(H,23,24,25). The summed E-state index contributed by atoms with van der Waals surface area (Å²) >= 11 is 0. The van der Waals surface area contributed by atoms with E-state index in [-0.39, 0.29) is 0 Å². The zero-order valence-corrected chi connectivity index (χ0v) is 15.3. The van der Waals surface area contributed by atoms with Crippen LogP contribution in [0.4, 0.5) is 0 Å². The lowest BCUT2D eigenvalue weighted by Gasteiger charge is -2.04. The van der Waals surface area contributed by atoms with Crippen LogP contribution >= 0.6 is 0 Å². The van der Waals surface area contributed by atoms with Gasteiger partial charge in [-0.1, -0.05) is 12.1 Å². The highest BCUT2D eigenvalue weighted by Gasteiger charge is 2.10. The summed E-state index contributed by atoms with van der Waals surface area (Å²) in [6, 6.07) is 12.0. The number of rotatable bonds is 6. The van der Waals surface area contributed by atoms with Crippen LogP contribution in [-0.2, 0) is 13.0 Å². The van der Waals surface area contributed by atoms with Crippen molar-refractivity contribution in [2.45, 2.75) is 19.9 Å². The average molecular weight is 360 g/mol. The Hall–Kier alpha value is -3.48. The number of aromatic nitrogens is 6. The van der Waals surface area contributed by atoms with Crippen molar-refractivity contribution < 1.29 is 4.74 Å². The van der Waals surface area contributed by atoms with Gasteiger partial charge >= 0.3 is 0 Å². The van der Waals surface area contributed by atoms with E-state index in [4.69, 9.17) is 4.74 Å². The fraction of sp³-hybridized carbons (Fsp3) is 0.200. The maximum Gasteiger partial charge on any atom is 0.118 e. The predicted molar refractivity (Wildman–Crippen MR) is 102 cm³/mol. The second kappa shape index (κ2) is 7.41. The topological polar surface area (TPSA) is 81.5 Å². The van der Waals surface area contributed by atoms with Gasteiger partial charge in [-0.15, -0.1) is 0 Å². The fourth-order valence-corrected chi connectivity index (χ4v) is 2.94. The summed E-state index contributed by atoms with van der Waals surface area (Å²) < 4.78 is 7.27. The number of nitrogens with one attached hydrogen (secondary N) is 1. The monoisotopic (exact) mass is 360 g/mol. The van der Waals surface area contributed by atoms with Crippen LogP contribution in [0.1, 0.15) is 11.3 Å². The lowest BCUT2D eigenvalue weighted by Crippen LogP contribution is -1.98. The zero-order chi connectivity index (χ0) is 18.6. The minimum absolute atomic E-state index is 0.818. The molecule has 7 nitrogen and oxygen atoms in total. The lowest BCUT2D eigenvalue weighted by molar-refractivity contribution is 0.414. The highest BCUT2D eigenvalue weighted by Crippen LogP contribution is 2.23. The van der Waals surface area contributed by atoms with Crippen molar-refractivity contribution in [3.05, 3.63) is 66.4 Å². The molecule has 0 saturated carbocycles. The Kier molecular flexibility index (Phi) is 4.65. The molecule has 0 radical (unpaired) electrons. The third-order valence-electron chi connectivity index (χ3n) is 4.47.